The van der Waals surface area contributed by atoms with Crippen LogP contribution < -0.4 is 11.1 Å². The van der Waals surface area contributed by atoms with E-state index in [0.29, 0.717) is 0 Å². The number of nitrogens with one attached hydrogen (secondary N) is 1. The minimum absolute atomic E-state index is 0. The Hall–Kier alpha value is -1.11. The monoisotopic (exact) mass is 334 g/mol. The fourth-order valence-corrected chi connectivity index (χ4v) is 2.99. The zero-order valence-electron chi connectivity index (χ0n) is 12.4. The Morgan fingerprint density at radius 3 is 2.24 bits per heavy atom. The summed E-state index contributed by atoms with van der Waals surface area (Å²) in [5.41, 5.74) is 6.94. The molecule has 3 N–H and O–H groups in total. The number of carbonyl (C=O) groups excluding carboxylic acids is 1. The van der Waals surface area contributed by atoms with Gasteiger partial charge in [0.15, 0.2) is 0 Å². The molecule has 0 saturated carbocycles. The van der Waals surface area contributed by atoms with Crippen molar-refractivity contribution in [1.29, 1.82) is 0 Å². The second-order valence-electron chi connectivity index (χ2n) is 5.23. The van der Waals surface area contributed by atoms with Gasteiger partial charge in [-0.2, -0.15) is 0 Å². The van der Waals surface area contributed by atoms with Crippen LogP contribution in [0.15, 0.2) is 30.3 Å². The highest BCUT2D eigenvalue weighted by Crippen LogP contribution is 2.19. The van der Waals surface area contributed by atoms with Gasteiger partial charge in [0.2, 0.25) is 5.91 Å². The molecule has 0 radical (unpaired) electrons. The van der Waals surface area contributed by atoms with Crippen LogP contribution in [0.3, 0.4) is 0 Å². The molecule has 0 saturated heterocycles. The normalized spacial score (nSPS) is 15.4. The molecule has 0 aliphatic heterocycles. The average molecular weight is 335 g/mol. The molecule has 0 aromatic heterocycles. The molecule has 0 spiro atoms. The summed E-state index contributed by atoms with van der Waals surface area (Å²) in [4.78, 5) is 12.1. The molecule has 120 valence electrons. The fraction of sp³-hybridized carbons (Fsp3) is 0.500. The molecule has 1 aromatic carbocycles. The third-order valence-corrected chi connectivity index (χ3v) is 4.18. The van der Waals surface area contributed by atoms with Gasteiger partial charge < -0.3 is 11.1 Å². The number of carbonyl (C=O) groups is 1. The van der Waals surface area contributed by atoms with Crippen molar-refractivity contribution in [2.45, 2.75) is 25.9 Å². The molecule has 5 nitrogen and oxygen atoms in total. The van der Waals surface area contributed by atoms with Gasteiger partial charge in [-0.05, 0) is 12.5 Å². The van der Waals surface area contributed by atoms with E-state index in [1.165, 1.54) is 0 Å². The summed E-state index contributed by atoms with van der Waals surface area (Å²) >= 11 is 0. The maximum atomic E-state index is 12.1. The molecule has 0 fully saturated rings. The Bertz CT molecular complexity index is 549. The molecule has 21 heavy (non-hydrogen) atoms. The third-order valence-electron chi connectivity index (χ3n) is 3.08. The average Bonchev–Trinajstić information content (AvgIpc) is 2.35. The van der Waals surface area contributed by atoms with Crippen LogP contribution in [0.5, 0.6) is 0 Å². The number of hydrogen-bond donors (Lipinski definition) is 2. The van der Waals surface area contributed by atoms with Crippen LogP contribution in [0.4, 0.5) is 0 Å². The van der Waals surface area contributed by atoms with Crippen molar-refractivity contribution >= 4 is 28.2 Å². The smallest absolute Gasteiger partial charge is 0.224 e. The van der Waals surface area contributed by atoms with E-state index in [4.69, 9.17) is 5.73 Å². The summed E-state index contributed by atoms with van der Waals surface area (Å²) in [6.45, 7) is 3.40. The molecule has 7 heteroatoms. The van der Waals surface area contributed by atoms with Gasteiger partial charge in [0, 0.05) is 18.3 Å². The second-order valence-corrected chi connectivity index (χ2v) is 7.41. The largest absolute Gasteiger partial charge is 0.352 e. The first-order valence-electron chi connectivity index (χ1n) is 6.49. The maximum absolute atomic E-state index is 12.1. The van der Waals surface area contributed by atoms with Gasteiger partial charge in [-0.25, -0.2) is 8.42 Å². The van der Waals surface area contributed by atoms with Gasteiger partial charge in [-0.15, -0.1) is 12.4 Å². The Labute approximate surface area is 132 Å². The molecule has 1 amide bonds. The van der Waals surface area contributed by atoms with E-state index in [2.05, 4.69) is 5.32 Å². The van der Waals surface area contributed by atoms with Crippen LogP contribution >= 0.6 is 12.4 Å². The fourth-order valence-electron chi connectivity index (χ4n) is 2.00. The van der Waals surface area contributed by atoms with Gasteiger partial charge in [0.25, 0.3) is 0 Å². The van der Waals surface area contributed by atoms with Gasteiger partial charge in [-0.3, -0.25) is 4.79 Å². The Morgan fingerprint density at radius 2 is 1.76 bits per heavy atom. The quantitative estimate of drug-likeness (QED) is 0.820. The van der Waals surface area contributed by atoms with Gasteiger partial charge >= 0.3 is 0 Å². The summed E-state index contributed by atoms with van der Waals surface area (Å²) in [5, 5.41) is 2.69. The van der Waals surface area contributed by atoms with Crippen molar-refractivity contribution in [2.24, 2.45) is 11.7 Å². The first-order chi connectivity index (χ1) is 9.20. The second kappa shape index (κ2) is 8.36. The molecule has 1 rings (SSSR count). The number of hydrogen-bond acceptors (Lipinski definition) is 4. The zero-order valence-corrected chi connectivity index (χ0v) is 14.1. The van der Waals surface area contributed by atoms with Crippen molar-refractivity contribution in [3.8, 4) is 0 Å². The van der Waals surface area contributed by atoms with Crippen molar-refractivity contribution in [2.75, 3.05) is 12.0 Å². The highest BCUT2D eigenvalue weighted by molar-refractivity contribution is 7.90. The summed E-state index contributed by atoms with van der Waals surface area (Å²) in [6.07, 6.45) is 1.15. The molecule has 0 aliphatic rings. The number of nitrogens with two attached hydrogens (primary N) is 1. The van der Waals surface area contributed by atoms with E-state index < -0.39 is 27.8 Å². The van der Waals surface area contributed by atoms with Crippen LogP contribution in [0, 0.1) is 5.92 Å². The topological polar surface area (TPSA) is 89.3 Å². The van der Waals surface area contributed by atoms with Crippen LogP contribution in [0.25, 0.3) is 0 Å². The lowest BCUT2D eigenvalue weighted by Crippen LogP contribution is -2.42. The first-order valence-corrected chi connectivity index (χ1v) is 8.55. The van der Waals surface area contributed by atoms with E-state index in [1.807, 2.05) is 30.3 Å². The van der Waals surface area contributed by atoms with Crippen molar-refractivity contribution in [3.05, 3.63) is 35.9 Å². The van der Waals surface area contributed by atoms with Crippen molar-refractivity contribution < 1.29 is 13.2 Å². The summed E-state index contributed by atoms with van der Waals surface area (Å²) in [6, 6.07) is 8.51. The van der Waals surface area contributed by atoms with E-state index in [-0.39, 0.29) is 24.1 Å². The predicted octanol–water partition coefficient (Wildman–Crippen LogP) is 1.29. The Kier molecular flexibility index (Phi) is 7.92. The number of amides is 1. The molecule has 0 heterocycles. The molecule has 0 aliphatic carbocycles. The molecule has 3 atom stereocenters. The zero-order chi connectivity index (χ0) is 15.3. The molecular formula is C14H23ClN2O3S. The lowest BCUT2D eigenvalue weighted by atomic mass is 9.94. The standard InChI is InChI=1S/C14H22N2O3S.ClH/c1-10(9-20(3,18)19)16-14(17)11(2)13(15)12-7-5-4-6-8-12;/h4-8,10-11,13H,9,15H2,1-3H3,(H,16,17);1H. The molecule has 1 aromatic rings. The summed E-state index contributed by atoms with van der Waals surface area (Å²) in [5.74, 6) is -0.747. The molecule has 0 bridgehead atoms. The first kappa shape index (κ1) is 19.9. The van der Waals surface area contributed by atoms with Crippen LogP contribution in [-0.2, 0) is 14.6 Å². The summed E-state index contributed by atoms with van der Waals surface area (Å²) in [7, 11) is -3.11. The Morgan fingerprint density at radius 1 is 1.24 bits per heavy atom. The highest BCUT2D eigenvalue weighted by atomic mass is 35.5. The van der Waals surface area contributed by atoms with Crippen LogP contribution in [-0.4, -0.2) is 32.4 Å². The number of rotatable bonds is 6. The lowest BCUT2D eigenvalue weighted by molar-refractivity contribution is -0.125. The van der Waals surface area contributed by atoms with Gasteiger partial charge in [0.1, 0.15) is 9.84 Å². The third kappa shape index (κ3) is 6.93. The predicted molar refractivity (Wildman–Crippen MR) is 87.1 cm³/mol. The van der Waals surface area contributed by atoms with E-state index in [9.17, 15) is 13.2 Å². The minimum Gasteiger partial charge on any atom is -0.352 e. The maximum Gasteiger partial charge on any atom is 0.224 e. The van der Waals surface area contributed by atoms with Crippen LogP contribution in [0.2, 0.25) is 0 Å². The molecular weight excluding hydrogens is 312 g/mol. The van der Waals surface area contributed by atoms with Crippen molar-refractivity contribution in [1.82, 2.24) is 5.32 Å². The lowest BCUT2D eigenvalue weighted by Gasteiger charge is -2.22. The van der Waals surface area contributed by atoms with Crippen LogP contribution in [0.1, 0.15) is 25.5 Å². The Balaban J connectivity index is 0.00000400. The highest BCUT2D eigenvalue weighted by Gasteiger charge is 2.24. The number of sulfone groups is 1. The van der Waals surface area contributed by atoms with E-state index in [1.54, 1.807) is 13.8 Å². The SMILES string of the molecule is CC(CS(C)(=O)=O)NC(=O)C(C)C(N)c1ccccc1.Cl. The van der Waals surface area contributed by atoms with Gasteiger partial charge in [-0.1, -0.05) is 37.3 Å². The van der Waals surface area contributed by atoms with Gasteiger partial charge in [0.05, 0.1) is 11.7 Å². The molecule has 3 unspecified atom stereocenters. The van der Waals surface area contributed by atoms with E-state index >= 15 is 0 Å². The minimum atomic E-state index is -3.11. The number of halogens is 1. The van der Waals surface area contributed by atoms with Crippen molar-refractivity contribution in [3.63, 3.8) is 0 Å². The number of benzene rings is 1. The van der Waals surface area contributed by atoms with E-state index in [0.717, 1.165) is 11.8 Å². The summed E-state index contributed by atoms with van der Waals surface area (Å²) < 4.78 is 22.3.